The van der Waals surface area contributed by atoms with Crippen molar-refractivity contribution in [3.8, 4) is 11.1 Å². The van der Waals surface area contributed by atoms with E-state index in [2.05, 4.69) is 42.0 Å². The summed E-state index contributed by atoms with van der Waals surface area (Å²) in [5.41, 5.74) is 4.43. The molecular weight excluding hydrogens is 526 g/mol. The van der Waals surface area contributed by atoms with Crippen LogP contribution < -0.4 is 25.4 Å². The summed E-state index contributed by atoms with van der Waals surface area (Å²) in [6.45, 7) is 7.45. The Labute approximate surface area is 232 Å². The first kappa shape index (κ1) is 26.2. The lowest BCUT2D eigenvalue weighted by molar-refractivity contribution is 0.491. The first-order valence-electron chi connectivity index (χ1n) is 13.3. The first-order chi connectivity index (χ1) is 19.3. The van der Waals surface area contributed by atoms with Crippen LogP contribution in [0.5, 0.6) is 0 Å². The van der Waals surface area contributed by atoms with Gasteiger partial charge in [0.1, 0.15) is 5.76 Å². The fourth-order valence-electron chi connectivity index (χ4n) is 4.95. The highest BCUT2D eigenvalue weighted by Crippen LogP contribution is 2.25. The highest BCUT2D eigenvalue weighted by Gasteiger charge is 2.19. The molecule has 6 rings (SSSR count). The van der Waals surface area contributed by atoms with Gasteiger partial charge in [0.25, 0.3) is 0 Å². The molecule has 1 saturated heterocycles. The van der Waals surface area contributed by atoms with Crippen LogP contribution >= 0.6 is 0 Å². The minimum absolute atomic E-state index is 0.0294. The zero-order chi connectivity index (χ0) is 28.0. The van der Waals surface area contributed by atoms with Crippen LogP contribution in [0.25, 0.3) is 23.0 Å². The van der Waals surface area contributed by atoms with Gasteiger partial charge in [-0.05, 0) is 47.9 Å². The Kier molecular flexibility index (Phi) is 6.65. The number of rotatable bonds is 7. The zero-order valence-corrected chi connectivity index (χ0v) is 23.5. The van der Waals surface area contributed by atoms with Crippen LogP contribution in [0.3, 0.4) is 0 Å². The lowest BCUT2D eigenvalue weighted by Gasteiger charge is -2.27. The van der Waals surface area contributed by atoms with Crippen LogP contribution in [0.4, 0.5) is 11.6 Å². The van der Waals surface area contributed by atoms with E-state index in [0.29, 0.717) is 28.6 Å². The van der Waals surface area contributed by atoms with Crippen molar-refractivity contribution in [2.24, 2.45) is 0 Å². The second-order valence-corrected chi connectivity index (χ2v) is 11.8. The summed E-state index contributed by atoms with van der Waals surface area (Å²) in [7, 11) is -2.20. The van der Waals surface area contributed by atoms with E-state index in [1.165, 1.54) is 11.4 Å². The molecule has 0 radical (unpaired) electrons. The molecule has 1 aromatic heterocycles. The fourth-order valence-corrected chi connectivity index (χ4v) is 5.95. The maximum Gasteiger partial charge on any atom is 0.301 e. The van der Waals surface area contributed by atoms with Gasteiger partial charge in [0, 0.05) is 85.1 Å². The van der Waals surface area contributed by atoms with Gasteiger partial charge in [-0.3, -0.25) is 9.71 Å². The van der Waals surface area contributed by atoms with Crippen molar-refractivity contribution >= 4 is 33.7 Å². The van der Waals surface area contributed by atoms with Gasteiger partial charge in [-0.25, -0.2) is 9.97 Å². The quantitative estimate of drug-likeness (QED) is 0.275. The molecule has 0 unspecified atom stereocenters. The number of hydrogen-bond acceptors (Lipinski definition) is 8. The minimum atomic E-state index is -3.71. The molecule has 0 spiro atoms. The van der Waals surface area contributed by atoms with E-state index in [1.54, 1.807) is 38.2 Å². The van der Waals surface area contributed by atoms with Crippen LogP contribution in [-0.4, -0.2) is 72.6 Å². The molecule has 10 nitrogen and oxygen atoms in total. The van der Waals surface area contributed by atoms with E-state index < -0.39 is 10.2 Å². The highest BCUT2D eigenvalue weighted by molar-refractivity contribution is 7.90. The van der Waals surface area contributed by atoms with Crippen molar-refractivity contribution in [3.05, 3.63) is 86.6 Å². The van der Waals surface area contributed by atoms with Crippen molar-refractivity contribution in [2.75, 3.05) is 49.4 Å². The molecule has 11 heteroatoms. The second-order valence-electron chi connectivity index (χ2n) is 10.0. The van der Waals surface area contributed by atoms with Crippen molar-refractivity contribution in [1.29, 1.82) is 0 Å². The molecule has 40 heavy (non-hydrogen) atoms. The average Bonchev–Trinajstić information content (AvgIpc) is 3.64. The molecule has 0 saturated carbocycles. The van der Waals surface area contributed by atoms with Crippen molar-refractivity contribution in [3.63, 3.8) is 0 Å². The summed E-state index contributed by atoms with van der Waals surface area (Å²) in [6.07, 6.45) is 7.42. The Hall–Kier alpha value is -4.06. The maximum atomic E-state index is 12.6. The third-order valence-electron chi connectivity index (χ3n) is 7.57. The summed E-state index contributed by atoms with van der Waals surface area (Å²) < 4.78 is 29.1. The molecule has 0 atom stereocenters. The van der Waals surface area contributed by atoms with Crippen molar-refractivity contribution in [1.82, 2.24) is 24.6 Å². The Morgan fingerprint density at radius 3 is 2.58 bits per heavy atom. The number of benzene rings is 1. The van der Waals surface area contributed by atoms with Gasteiger partial charge in [-0.15, -0.1) is 0 Å². The summed E-state index contributed by atoms with van der Waals surface area (Å²) in [4.78, 5) is 16.1. The molecule has 1 fully saturated rings. The molecule has 2 aliphatic heterocycles. The Bertz CT molecular complexity index is 1900. The van der Waals surface area contributed by atoms with E-state index in [1.807, 2.05) is 18.5 Å². The summed E-state index contributed by atoms with van der Waals surface area (Å²) >= 11 is 0. The predicted octanol–water partition coefficient (Wildman–Crippen LogP) is 1.45. The van der Waals surface area contributed by atoms with Gasteiger partial charge in [-0.2, -0.15) is 12.7 Å². The predicted molar refractivity (Wildman–Crippen MR) is 156 cm³/mol. The molecule has 3 N–H and O–H groups in total. The summed E-state index contributed by atoms with van der Waals surface area (Å²) in [5, 5.41) is 18.1. The summed E-state index contributed by atoms with van der Waals surface area (Å²) in [5.74, 6) is 0.748. The van der Waals surface area contributed by atoms with Crippen molar-refractivity contribution in [2.45, 2.75) is 13.8 Å². The lowest BCUT2D eigenvalue weighted by Crippen LogP contribution is -2.44. The minimum Gasteiger partial charge on any atom is -0.507 e. The highest BCUT2D eigenvalue weighted by atomic mass is 32.2. The van der Waals surface area contributed by atoms with Gasteiger partial charge in [0.05, 0.1) is 11.0 Å². The SMILES string of the molecule is CCN(C)S(=O)(=O)Nc1cccc(C(O)=c2cnc3c4c(cc(-c5cnc(N6CCNCC6)nc5)cc2=3)C=4)c1C. The Morgan fingerprint density at radius 1 is 1.10 bits per heavy atom. The number of piperazine rings is 1. The third-order valence-corrected chi connectivity index (χ3v) is 9.13. The number of aliphatic hydroxyl groups is 1. The number of hydrogen-bond donors (Lipinski definition) is 3. The molecule has 0 bridgehead atoms. The molecule has 4 aliphatic rings. The Morgan fingerprint density at radius 2 is 1.85 bits per heavy atom. The monoisotopic (exact) mass is 557 g/mol. The van der Waals surface area contributed by atoms with Crippen LogP contribution in [-0.2, 0) is 10.2 Å². The van der Waals surface area contributed by atoms with Crippen LogP contribution in [0, 0.1) is 17.5 Å². The van der Waals surface area contributed by atoms with Gasteiger partial charge in [0.15, 0.2) is 0 Å². The largest absolute Gasteiger partial charge is 0.507 e. The lowest BCUT2D eigenvalue weighted by atomic mass is 10.0. The smallest absolute Gasteiger partial charge is 0.301 e. The number of anilines is 2. The number of aliphatic hydroxyl groups excluding tert-OH is 1. The Balaban J connectivity index is 1.44. The zero-order valence-electron chi connectivity index (χ0n) is 22.6. The second kappa shape index (κ2) is 10.2. The number of aromatic nitrogens is 3. The third kappa shape index (κ3) is 4.76. The normalized spacial score (nSPS) is 15.6. The molecule has 3 heterocycles. The topological polar surface area (TPSA) is 124 Å². The van der Waals surface area contributed by atoms with Crippen LogP contribution in [0.1, 0.15) is 23.6 Å². The number of fused-ring (bicyclic) bond motifs is 2. The number of nitrogens with one attached hydrogen (secondary N) is 2. The summed E-state index contributed by atoms with van der Waals surface area (Å²) in [6, 6.07) is 9.28. The van der Waals surface area contributed by atoms with E-state index in [0.717, 1.165) is 64.6 Å². The van der Waals surface area contributed by atoms with Gasteiger partial charge >= 0.3 is 10.2 Å². The number of nitrogens with zero attached hydrogens (tertiary/aromatic N) is 5. The standard InChI is InChI=1S/C29H31N7O3S/c1-4-35(3)40(38,39)34-26-7-5-6-22(18(26)2)28(37)25-17-31-27-23-14-20(23)12-19(13-24(25)27)21-15-32-29(33-16-21)36-10-8-30-9-11-36/h5-7,12-17,30,34,37H,4,8-11H2,1-3H3. The van der Waals surface area contributed by atoms with E-state index in [9.17, 15) is 13.5 Å². The average molecular weight is 558 g/mol. The van der Waals surface area contributed by atoms with E-state index in [4.69, 9.17) is 0 Å². The first-order valence-corrected chi connectivity index (χ1v) is 14.7. The van der Waals surface area contributed by atoms with E-state index >= 15 is 0 Å². The van der Waals surface area contributed by atoms with Gasteiger partial charge < -0.3 is 15.3 Å². The molecule has 1 aromatic carbocycles. The molecule has 2 aliphatic carbocycles. The van der Waals surface area contributed by atoms with Crippen LogP contribution in [0.15, 0.2) is 48.9 Å². The van der Waals surface area contributed by atoms with Crippen LogP contribution in [0.2, 0.25) is 0 Å². The molecule has 0 amide bonds. The van der Waals surface area contributed by atoms with Crippen molar-refractivity contribution < 1.29 is 13.5 Å². The van der Waals surface area contributed by atoms with Gasteiger partial charge in [-0.1, -0.05) is 19.1 Å². The maximum absolute atomic E-state index is 12.6. The fraction of sp³-hybridized carbons (Fsp3) is 0.276. The van der Waals surface area contributed by atoms with E-state index in [-0.39, 0.29) is 5.76 Å². The molecule has 2 aromatic rings. The van der Waals surface area contributed by atoms with Gasteiger partial charge in [0.2, 0.25) is 5.95 Å². The molecule has 206 valence electrons. The molecular formula is C29H31N7O3S.